The molecule has 0 aliphatic heterocycles. The van der Waals surface area contributed by atoms with Crippen LogP contribution in [0.1, 0.15) is 28.7 Å². The van der Waals surface area contributed by atoms with Crippen molar-refractivity contribution in [3.8, 4) is 11.5 Å². The first-order valence-corrected chi connectivity index (χ1v) is 10.8. The molecule has 2 aromatic carbocycles. The third kappa shape index (κ3) is 5.24. The average molecular weight is 458 g/mol. The Labute approximate surface area is 185 Å². The van der Waals surface area contributed by atoms with Gasteiger partial charge < -0.3 is 19.3 Å². The van der Waals surface area contributed by atoms with E-state index in [0.29, 0.717) is 28.5 Å². The molecule has 2 N–H and O–H groups in total. The van der Waals surface area contributed by atoms with Crippen molar-refractivity contribution in [1.29, 1.82) is 0 Å². The molecule has 0 spiro atoms. The van der Waals surface area contributed by atoms with Crippen molar-refractivity contribution in [2.45, 2.75) is 18.7 Å². The van der Waals surface area contributed by atoms with Crippen molar-refractivity contribution in [3.63, 3.8) is 0 Å². The lowest BCUT2D eigenvalue weighted by molar-refractivity contribution is 0.101. The number of hydrogen-bond acceptors (Lipinski definition) is 8. The number of aromatic nitrogens is 1. The highest BCUT2D eigenvalue weighted by Crippen LogP contribution is 2.29. The van der Waals surface area contributed by atoms with E-state index in [2.05, 4.69) is 20.4 Å². The molecular formula is C21H22N4O6S. The van der Waals surface area contributed by atoms with E-state index in [1.54, 1.807) is 38.1 Å². The molecule has 0 radical (unpaired) electrons. The van der Waals surface area contributed by atoms with Crippen LogP contribution < -0.4 is 19.6 Å². The fraction of sp³-hybridized carbons (Fsp3) is 0.190. The molecule has 0 bridgehead atoms. The molecule has 0 saturated carbocycles. The van der Waals surface area contributed by atoms with Crippen molar-refractivity contribution >= 4 is 27.3 Å². The van der Waals surface area contributed by atoms with E-state index in [4.69, 9.17) is 14.0 Å². The molecule has 3 aromatic rings. The summed E-state index contributed by atoms with van der Waals surface area (Å²) in [7, 11) is -1.07. The fourth-order valence-electron chi connectivity index (χ4n) is 2.72. The van der Waals surface area contributed by atoms with Gasteiger partial charge in [-0.15, -0.1) is 0 Å². The average Bonchev–Trinajstić information content (AvgIpc) is 3.23. The quantitative estimate of drug-likeness (QED) is 0.392. The normalized spacial score (nSPS) is 11.7. The van der Waals surface area contributed by atoms with Crippen LogP contribution in [-0.2, 0) is 10.0 Å². The molecule has 11 heteroatoms. The summed E-state index contributed by atoms with van der Waals surface area (Å²) in [6.45, 7) is 3.33. The second-order valence-electron chi connectivity index (χ2n) is 6.67. The number of sulfonamides is 1. The number of ether oxygens (including phenoxy) is 2. The van der Waals surface area contributed by atoms with Gasteiger partial charge in [0.15, 0.2) is 17.2 Å². The summed E-state index contributed by atoms with van der Waals surface area (Å²) in [5.41, 5.74) is 1.64. The predicted molar refractivity (Wildman–Crippen MR) is 118 cm³/mol. The Morgan fingerprint density at radius 2 is 1.81 bits per heavy atom. The maximum absolute atomic E-state index is 12.6. The monoisotopic (exact) mass is 458 g/mol. The van der Waals surface area contributed by atoms with Gasteiger partial charge in [-0.3, -0.25) is 4.79 Å². The van der Waals surface area contributed by atoms with E-state index in [1.165, 1.54) is 38.5 Å². The molecule has 0 aliphatic carbocycles. The molecule has 168 valence electrons. The molecule has 1 aromatic heterocycles. The Bertz CT molecular complexity index is 1270. The third-order valence-corrected chi connectivity index (χ3v) is 5.60. The molecule has 0 atom stereocenters. The number of anilines is 1. The zero-order valence-corrected chi connectivity index (χ0v) is 18.7. The Morgan fingerprint density at radius 1 is 1.06 bits per heavy atom. The SMILES string of the molecule is COc1ccc(S(=O)(=O)NN=C(C)c2cccc(NC(=O)c3cc(C)on3)c2)cc1OC. The summed E-state index contributed by atoms with van der Waals surface area (Å²) in [6.07, 6.45) is 0. The number of hydrogen-bond donors (Lipinski definition) is 2. The molecule has 3 rings (SSSR count). The Balaban J connectivity index is 1.76. The van der Waals surface area contributed by atoms with Gasteiger partial charge in [-0.05, 0) is 43.7 Å². The number of aryl methyl sites for hydroxylation is 1. The highest BCUT2D eigenvalue weighted by molar-refractivity contribution is 7.89. The van der Waals surface area contributed by atoms with Crippen LogP contribution in [0.4, 0.5) is 5.69 Å². The number of nitrogens with one attached hydrogen (secondary N) is 2. The lowest BCUT2D eigenvalue weighted by Gasteiger charge is -2.10. The van der Waals surface area contributed by atoms with Crippen LogP contribution in [0, 0.1) is 6.92 Å². The van der Waals surface area contributed by atoms with Gasteiger partial charge >= 0.3 is 0 Å². The zero-order valence-electron chi connectivity index (χ0n) is 17.9. The fourth-order valence-corrected chi connectivity index (χ4v) is 3.59. The lowest BCUT2D eigenvalue weighted by Crippen LogP contribution is -2.20. The van der Waals surface area contributed by atoms with Gasteiger partial charge in [-0.2, -0.15) is 18.4 Å². The number of benzene rings is 2. The topological polar surface area (TPSA) is 132 Å². The van der Waals surface area contributed by atoms with E-state index in [0.717, 1.165) is 0 Å². The van der Waals surface area contributed by atoms with E-state index in [-0.39, 0.29) is 16.3 Å². The van der Waals surface area contributed by atoms with Gasteiger partial charge in [-0.25, -0.2) is 0 Å². The van der Waals surface area contributed by atoms with Crippen LogP contribution in [0.5, 0.6) is 11.5 Å². The number of hydrazone groups is 1. The first-order valence-electron chi connectivity index (χ1n) is 9.36. The van der Waals surface area contributed by atoms with E-state index >= 15 is 0 Å². The number of nitrogens with zero attached hydrogens (tertiary/aromatic N) is 2. The van der Waals surface area contributed by atoms with E-state index in [1.807, 2.05) is 0 Å². The van der Waals surface area contributed by atoms with Crippen molar-refractivity contribution in [2.75, 3.05) is 19.5 Å². The minimum atomic E-state index is -3.95. The molecule has 0 saturated heterocycles. The molecule has 1 amide bonds. The maximum Gasteiger partial charge on any atom is 0.277 e. The van der Waals surface area contributed by atoms with Crippen molar-refractivity contribution in [1.82, 2.24) is 9.99 Å². The van der Waals surface area contributed by atoms with Crippen LogP contribution in [0.2, 0.25) is 0 Å². The van der Waals surface area contributed by atoms with Crippen LogP contribution in [0.15, 0.2) is 63.1 Å². The zero-order chi connectivity index (χ0) is 23.3. The molecule has 10 nitrogen and oxygen atoms in total. The highest BCUT2D eigenvalue weighted by Gasteiger charge is 2.17. The smallest absolute Gasteiger partial charge is 0.277 e. The molecule has 1 heterocycles. The Kier molecular flexibility index (Phi) is 6.79. The van der Waals surface area contributed by atoms with E-state index in [9.17, 15) is 13.2 Å². The summed E-state index contributed by atoms with van der Waals surface area (Å²) in [4.78, 5) is 14.4. The number of carbonyl (C=O) groups is 1. The number of rotatable bonds is 8. The Morgan fingerprint density at radius 3 is 2.47 bits per heavy atom. The maximum atomic E-state index is 12.6. The van der Waals surface area contributed by atoms with Crippen LogP contribution in [0.3, 0.4) is 0 Å². The molecule has 0 unspecified atom stereocenters. The first kappa shape index (κ1) is 22.8. The highest BCUT2D eigenvalue weighted by atomic mass is 32.2. The minimum Gasteiger partial charge on any atom is -0.493 e. The van der Waals surface area contributed by atoms with Crippen molar-refractivity contribution < 1.29 is 27.2 Å². The summed E-state index contributed by atoms with van der Waals surface area (Å²) in [5, 5.41) is 10.4. The molecule has 0 aliphatic rings. The molecule has 32 heavy (non-hydrogen) atoms. The van der Waals surface area contributed by atoms with Crippen molar-refractivity contribution in [2.24, 2.45) is 5.10 Å². The van der Waals surface area contributed by atoms with Crippen LogP contribution in [-0.4, -0.2) is 39.4 Å². The minimum absolute atomic E-state index is 0.0318. The summed E-state index contributed by atoms with van der Waals surface area (Å²) in [6, 6.07) is 12.5. The predicted octanol–water partition coefficient (Wildman–Crippen LogP) is 2.96. The largest absolute Gasteiger partial charge is 0.493 e. The van der Waals surface area contributed by atoms with Gasteiger partial charge in [0.05, 0.1) is 24.8 Å². The second kappa shape index (κ2) is 9.52. The number of amides is 1. The van der Waals surface area contributed by atoms with Crippen LogP contribution >= 0.6 is 0 Å². The van der Waals surface area contributed by atoms with Crippen LogP contribution in [0.25, 0.3) is 0 Å². The van der Waals surface area contributed by atoms with Gasteiger partial charge in [0.25, 0.3) is 15.9 Å². The molecule has 0 fully saturated rings. The number of methoxy groups -OCH3 is 2. The third-order valence-electron chi connectivity index (χ3n) is 4.40. The second-order valence-corrected chi connectivity index (χ2v) is 8.33. The standard InChI is InChI=1S/C21H22N4O6S/c1-13-10-18(24-31-13)21(26)22-16-7-5-6-15(11-16)14(2)23-25-32(27,28)17-8-9-19(29-3)20(12-17)30-4/h5-12,25H,1-4H3,(H,22,26). The van der Waals surface area contributed by atoms with Gasteiger partial charge in [0, 0.05) is 17.8 Å². The summed E-state index contributed by atoms with van der Waals surface area (Å²) in [5.74, 6) is 0.781. The van der Waals surface area contributed by atoms with Gasteiger partial charge in [-0.1, -0.05) is 17.3 Å². The number of carbonyl (C=O) groups excluding carboxylic acids is 1. The van der Waals surface area contributed by atoms with Gasteiger partial charge in [0.1, 0.15) is 5.76 Å². The first-order chi connectivity index (χ1) is 15.2. The van der Waals surface area contributed by atoms with E-state index < -0.39 is 15.9 Å². The van der Waals surface area contributed by atoms with Crippen molar-refractivity contribution in [3.05, 3.63) is 65.5 Å². The lowest BCUT2D eigenvalue weighted by atomic mass is 10.1. The van der Waals surface area contributed by atoms with Gasteiger partial charge in [0.2, 0.25) is 0 Å². The summed E-state index contributed by atoms with van der Waals surface area (Å²) >= 11 is 0. The molecular weight excluding hydrogens is 436 g/mol. The Hall–Kier alpha value is -3.86. The summed E-state index contributed by atoms with van der Waals surface area (Å²) < 4.78 is 40.4.